The van der Waals surface area contributed by atoms with Crippen molar-refractivity contribution in [3.63, 3.8) is 0 Å². The highest BCUT2D eigenvalue weighted by molar-refractivity contribution is 6.14. The first kappa shape index (κ1) is 18.0. The van der Waals surface area contributed by atoms with Crippen molar-refractivity contribution in [3.05, 3.63) is 77.6 Å². The van der Waals surface area contributed by atoms with Gasteiger partial charge in [0, 0.05) is 5.56 Å². The number of ether oxygens (including phenoxy) is 2. The van der Waals surface area contributed by atoms with Crippen molar-refractivity contribution in [1.29, 1.82) is 5.26 Å². The van der Waals surface area contributed by atoms with Crippen LogP contribution in [0.1, 0.15) is 15.9 Å². The summed E-state index contributed by atoms with van der Waals surface area (Å²) in [6, 6.07) is 12.0. The lowest BCUT2D eigenvalue weighted by Gasteiger charge is -2.10. The van der Waals surface area contributed by atoms with E-state index in [1.165, 1.54) is 37.5 Å². The van der Waals surface area contributed by atoms with Gasteiger partial charge in [0.25, 0.3) is 0 Å². The van der Waals surface area contributed by atoms with Gasteiger partial charge in [0.2, 0.25) is 5.78 Å². The topological polar surface area (TPSA) is 59.3 Å². The van der Waals surface area contributed by atoms with E-state index >= 15 is 0 Å². The number of methoxy groups -OCH3 is 1. The lowest BCUT2D eigenvalue weighted by atomic mass is 10.0. The third-order valence-corrected chi connectivity index (χ3v) is 3.33. The van der Waals surface area contributed by atoms with Crippen molar-refractivity contribution >= 4 is 11.9 Å². The third kappa shape index (κ3) is 4.55. The van der Waals surface area contributed by atoms with E-state index in [4.69, 9.17) is 9.47 Å². The molecule has 0 heterocycles. The zero-order chi connectivity index (χ0) is 18.2. The fourth-order valence-corrected chi connectivity index (χ4v) is 2.11. The summed E-state index contributed by atoms with van der Waals surface area (Å²) in [5.74, 6) is 0.0809. The Hall–Kier alpha value is -3.39. The Labute approximate surface area is 145 Å². The van der Waals surface area contributed by atoms with Gasteiger partial charge in [-0.05, 0) is 48.0 Å². The minimum atomic E-state index is -0.478. The number of nitrogens with zero attached hydrogens (tertiary/aromatic N) is 1. The zero-order valence-electron chi connectivity index (χ0n) is 13.7. The maximum Gasteiger partial charge on any atom is 0.203 e. The molecule has 0 bridgehead atoms. The molecular weight excluding hydrogens is 321 g/mol. The van der Waals surface area contributed by atoms with E-state index < -0.39 is 11.6 Å². The highest BCUT2D eigenvalue weighted by Gasteiger charge is 2.13. The van der Waals surface area contributed by atoms with Crippen LogP contribution in [0.4, 0.5) is 4.39 Å². The van der Waals surface area contributed by atoms with Crippen LogP contribution in [0, 0.1) is 17.1 Å². The summed E-state index contributed by atoms with van der Waals surface area (Å²) in [5.41, 5.74) is 0.787. The van der Waals surface area contributed by atoms with Crippen LogP contribution in [0.15, 0.2) is 60.7 Å². The van der Waals surface area contributed by atoms with Crippen LogP contribution in [0.3, 0.4) is 0 Å². The van der Waals surface area contributed by atoms with Crippen molar-refractivity contribution in [2.75, 3.05) is 13.7 Å². The molecule has 0 aromatic heterocycles. The number of Topliss-reactive ketones (excluding diaryl/α,β-unsaturated/α-hetero) is 1. The van der Waals surface area contributed by atoms with Crippen LogP contribution in [0.25, 0.3) is 6.08 Å². The molecule has 4 nitrogen and oxygen atoms in total. The Kier molecular flexibility index (Phi) is 6.08. The Bertz CT molecular complexity index is 848. The molecule has 0 amide bonds. The second-order valence-electron chi connectivity index (χ2n) is 5.02. The van der Waals surface area contributed by atoms with Crippen molar-refractivity contribution < 1.29 is 18.7 Å². The van der Waals surface area contributed by atoms with Gasteiger partial charge in [-0.3, -0.25) is 4.79 Å². The number of nitriles is 1. The molecule has 0 atom stereocenters. The molecule has 25 heavy (non-hydrogen) atoms. The number of allylic oxidation sites excluding steroid dienone is 1. The lowest BCUT2D eigenvalue weighted by Crippen LogP contribution is -2.02. The van der Waals surface area contributed by atoms with E-state index in [1.54, 1.807) is 24.3 Å². The van der Waals surface area contributed by atoms with Gasteiger partial charge in [-0.1, -0.05) is 18.7 Å². The fourth-order valence-electron chi connectivity index (χ4n) is 2.11. The number of hydrogen-bond acceptors (Lipinski definition) is 4. The summed E-state index contributed by atoms with van der Waals surface area (Å²) in [5, 5.41) is 9.29. The van der Waals surface area contributed by atoms with Gasteiger partial charge in [0.15, 0.2) is 11.5 Å². The number of carbonyl (C=O) groups is 1. The smallest absolute Gasteiger partial charge is 0.203 e. The summed E-state index contributed by atoms with van der Waals surface area (Å²) in [4.78, 5) is 12.4. The molecule has 0 spiro atoms. The fraction of sp³-hybridized carbons (Fsp3) is 0.100. The monoisotopic (exact) mass is 337 g/mol. The molecule has 0 aliphatic carbocycles. The quantitative estimate of drug-likeness (QED) is 0.329. The van der Waals surface area contributed by atoms with Crippen LogP contribution >= 0.6 is 0 Å². The molecule has 0 aliphatic rings. The van der Waals surface area contributed by atoms with E-state index in [0.717, 1.165) is 0 Å². The number of ketones is 1. The highest BCUT2D eigenvalue weighted by atomic mass is 19.1. The molecule has 2 rings (SSSR count). The molecular formula is C20H16FNO3. The molecule has 0 fully saturated rings. The summed E-state index contributed by atoms with van der Waals surface area (Å²) in [6.45, 7) is 3.91. The predicted molar refractivity (Wildman–Crippen MR) is 93.0 cm³/mol. The zero-order valence-corrected chi connectivity index (χ0v) is 13.7. The van der Waals surface area contributed by atoms with Crippen LogP contribution in [-0.2, 0) is 0 Å². The number of benzene rings is 2. The van der Waals surface area contributed by atoms with Gasteiger partial charge in [0.05, 0.1) is 7.11 Å². The van der Waals surface area contributed by atoms with Gasteiger partial charge in [0.1, 0.15) is 24.1 Å². The van der Waals surface area contributed by atoms with Crippen molar-refractivity contribution in [3.8, 4) is 17.6 Å². The predicted octanol–water partition coefficient (Wildman–Crippen LogP) is 4.19. The van der Waals surface area contributed by atoms with E-state index in [1.807, 2.05) is 6.07 Å². The molecule has 0 unspecified atom stereocenters. The van der Waals surface area contributed by atoms with Crippen molar-refractivity contribution in [2.24, 2.45) is 0 Å². The summed E-state index contributed by atoms with van der Waals surface area (Å²) in [6.07, 6.45) is 3.06. The Balaban J connectivity index is 2.32. The lowest BCUT2D eigenvalue weighted by molar-refractivity contribution is 0.104. The Morgan fingerprint density at radius 1 is 1.24 bits per heavy atom. The van der Waals surface area contributed by atoms with Crippen LogP contribution < -0.4 is 9.47 Å². The van der Waals surface area contributed by atoms with Gasteiger partial charge >= 0.3 is 0 Å². The molecule has 0 aliphatic heterocycles. The molecule has 5 heteroatoms. The standard InChI is InChI=1S/C20H16FNO3/c1-3-10-25-18-9-4-14(12-19(18)24-2)11-16(13-22)20(23)15-5-7-17(21)8-6-15/h3-9,11-12H,1,10H2,2H3/b16-11+. The number of halogens is 1. The first-order valence-electron chi connectivity index (χ1n) is 7.43. The summed E-state index contributed by atoms with van der Waals surface area (Å²) in [7, 11) is 1.50. The van der Waals surface area contributed by atoms with Crippen molar-refractivity contribution in [1.82, 2.24) is 0 Å². The normalized spacial score (nSPS) is 10.7. The van der Waals surface area contributed by atoms with Crippen molar-refractivity contribution in [2.45, 2.75) is 0 Å². The molecule has 126 valence electrons. The van der Waals surface area contributed by atoms with Crippen LogP contribution in [0.5, 0.6) is 11.5 Å². The minimum Gasteiger partial charge on any atom is -0.493 e. The molecule has 0 radical (unpaired) electrons. The third-order valence-electron chi connectivity index (χ3n) is 3.33. The number of carbonyl (C=O) groups excluding carboxylic acids is 1. The van der Waals surface area contributed by atoms with Gasteiger partial charge in [-0.25, -0.2) is 4.39 Å². The minimum absolute atomic E-state index is 0.0616. The molecule has 0 N–H and O–H groups in total. The Morgan fingerprint density at radius 2 is 1.96 bits per heavy atom. The van der Waals surface area contributed by atoms with E-state index in [-0.39, 0.29) is 11.1 Å². The van der Waals surface area contributed by atoms with E-state index in [9.17, 15) is 14.4 Å². The molecule has 2 aromatic rings. The van der Waals surface area contributed by atoms with E-state index in [0.29, 0.717) is 23.7 Å². The average molecular weight is 337 g/mol. The van der Waals surface area contributed by atoms with Gasteiger partial charge < -0.3 is 9.47 Å². The van der Waals surface area contributed by atoms with Crippen LogP contribution in [0.2, 0.25) is 0 Å². The largest absolute Gasteiger partial charge is 0.493 e. The SMILES string of the molecule is C=CCOc1ccc(/C=C(\C#N)C(=O)c2ccc(F)cc2)cc1OC. The summed E-state index contributed by atoms with van der Waals surface area (Å²) >= 11 is 0. The first-order chi connectivity index (χ1) is 12.1. The van der Waals surface area contributed by atoms with Gasteiger partial charge in [-0.2, -0.15) is 5.26 Å². The number of rotatable bonds is 7. The van der Waals surface area contributed by atoms with Gasteiger partial charge in [-0.15, -0.1) is 0 Å². The Morgan fingerprint density at radius 3 is 2.56 bits per heavy atom. The molecule has 2 aromatic carbocycles. The second kappa shape index (κ2) is 8.46. The molecule has 0 saturated carbocycles. The van der Waals surface area contributed by atoms with E-state index in [2.05, 4.69) is 6.58 Å². The number of hydrogen-bond donors (Lipinski definition) is 0. The first-order valence-corrected chi connectivity index (χ1v) is 7.43. The summed E-state index contributed by atoms with van der Waals surface area (Å²) < 4.78 is 23.7. The average Bonchev–Trinajstić information content (AvgIpc) is 2.64. The highest BCUT2D eigenvalue weighted by Crippen LogP contribution is 2.29. The molecule has 0 saturated heterocycles. The maximum absolute atomic E-state index is 13.0. The second-order valence-corrected chi connectivity index (χ2v) is 5.02. The van der Waals surface area contributed by atoms with Crippen LogP contribution in [-0.4, -0.2) is 19.5 Å². The maximum atomic E-state index is 13.0.